The van der Waals surface area contributed by atoms with Crippen molar-refractivity contribution in [1.29, 1.82) is 0 Å². The summed E-state index contributed by atoms with van der Waals surface area (Å²) in [5.74, 6) is -3.79. The van der Waals surface area contributed by atoms with Gasteiger partial charge < -0.3 is 10.0 Å². The third kappa shape index (κ3) is 3.82. The number of benzene rings is 1. The Balaban J connectivity index is 2.67. The minimum Gasteiger partial charge on any atom is -0.481 e. The van der Waals surface area contributed by atoms with Crippen molar-refractivity contribution in [2.24, 2.45) is 0 Å². The Labute approximate surface area is 96.5 Å². The first kappa shape index (κ1) is 13.1. The molecule has 0 unspecified atom stereocenters. The SMILES string of the molecule is CN(Cc1ccc(F)c(F)c1)C(=O)CC(=O)O. The van der Waals surface area contributed by atoms with Gasteiger partial charge in [-0.25, -0.2) is 8.78 Å². The average Bonchev–Trinajstić information content (AvgIpc) is 2.22. The van der Waals surface area contributed by atoms with Gasteiger partial charge in [0.25, 0.3) is 0 Å². The van der Waals surface area contributed by atoms with Gasteiger partial charge in [-0.15, -0.1) is 0 Å². The number of amides is 1. The van der Waals surface area contributed by atoms with Crippen LogP contribution in [0.15, 0.2) is 18.2 Å². The molecule has 0 aliphatic rings. The molecule has 4 nitrogen and oxygen atoms in total. The lowest BCUT2D eigenvalue weighted by atomic mass is 10.2. The van der Waals surface area contributed by atoms with Crippen LogP contribution in [0.1, 0.15) is 12.0 Å². The number of carbonyl (C=O) groups is 2. The second-order valence-electron chi connectivity index (χ2n) is 3.57. The van der Waals surface area contributed by atoms with Crippen molar-refractivity contribution in [3.05, 3.63) is 35.4 Å². The minimum atomic E-state index is -1.23. The lowest BCUT2D eigenvalue weighted by Gasteiger charge is -2.16. The van der Waals surface area contributed by atoms with Crippen molar-refractivity contribution in [3.63, 3.8) is 0 Å². The predicted molar refractivity (Wildman–Crippen MR) is 55.1 cm³/mol. The Morgan fingerprint density at radius 1 is 1.29 bits per heavy atom. The van der Waals surface area contributed by atoms with Crippen molar-refractivity contribution >= 4 is 11.9 Å². The number of halogens is 2. The van der Waals surface area contributed by atoms with Gasteiger partial charge in [-0.2, -0.15) is 0 Å². The molecular weight excluding hydrogens is 232 g/mol. The molecule has 0 bridgehead atoms. The summed E-state index contributed by atoms with van der Waals surface area (Å²) in [6.07, 6.45) is -0.625. The van der Waals surface area contributed by atoms with Gasteiger partial charge in [0, 0.05) is 13.6 Å². The summed E-state index contributed by atoms with van der Waals surface area (Å²) in [6, 6.07) is 3.27. The largest absolute Gasteiger partial charge is 0.481 e. The van der Waals surface area contributed by atoms with E-state index in [1.165, 1.54) is 13.1 Å². The van der Waals surface area contributed by atoms with E-state index in [1.807, 2.05) is 0 Å². The molecule has 0 aromatic heterocycles. The van der Waals surface area contributed by atoms with Crippen molar-refractivity contribution in [1.82, 2.24) is 4.90 Å². The van der Waals surface area contributed by atoms with E-state index in [9.17, 15) is 18.4 Å². The Hall–Kier alpha value is -1.98. The van der Waals surface area contributed by atoms with Gasteiger partial charge in [0.05, 0.1) is 0 Å². The molecular formula is C11H11F2NO3. The Morgan fingerprint density at radius 2 is 1.94 bits per heavy atom. The van der Waals surface area contributed by atoms with Crippen molar-refractivity contribution in [3.8, 4) is 0 Å². The molecule has 0 saturated carbocycles. The molecule has 6 heteroatoms. The zero-order valence-electron chi connectivity index (χ0n) is 9.11. The zero-order valence-corrected chi connectivity index (χ0v) is 9.11. The summed E-state index contributed by atoms with van der Waals surface area (Å²) < 4.78 is 25.5. The van der Waals surface area contributed by atoms with Crippen LogP contribution in [0.4, 0.5) is 8.78 Å². The van der Waals surface area contributed by atoms with Crippen LogP contribution in [0.3, 0.4) is 0 Å². The highest BCUT2D eigenvalue weighted by molar-refractivity contribution is 5.93. The fraction of sp³-hybridized carbons (Fsp3) is 0.273. The van der Waals surface area contributed by atoms with E-state index in [0.29, 0.717) is 5.56 Å². The normalized spacial score (nSPS) is 10.1. The molecule has 17 heavy (non-hydrogen) atoms. The second kappa shape index (κ2) is 5.38. The van der Waals surface area contributed by atoms with Crippen LogP contribution in [0, 0.1) is 11.6 Å². The van der Waals surface area contributed by atoms with E-state index in [0.717, 1.165) is 17.0 Å². The zero-order chi connectivity index (χ0) is 13.0. The Bertz CT molecular complexity index is 448. The molecule has 1 rings (SSSR count). The van der Waals surface area contributed by atoms with Crippen LogP contribution in [-0.2, 0) is 16.1 Å². The van der Waals surface area contributed by atoms with Gasteiger partial charge in [-0.3, -0.25) is 9.59 Å². The molecule has 1 N–H and O–H groups in total. The lowest BCUT2D eigenvalue weighted by molar-refractivity contribution is -0.143. The number of carboxylic acid groups (broad SMARTS) is 1. The van der Waals surface area contributed by atoms with E-state index in [-0.39, 0.29) is 6.54 Å². The number of nitrogens with zero attached hydrogens (tertiary/aromatic N) is 1. The van der Waals surface area contributed by atoms with Crippen LogP contribution >= 0.6 is 0 Å². The van der Waals surface area contributed by atoms with E-state index in [2.05, 4.69) is 0 Å². The first-order valence-corrected chi connectivity index (χ1v) is 4.80. The summed E-state index contributed by atoms with van der Waals surface area (Å²) in [5.41, 5.74) is 0.394. The first-order chi connectivity index (χ1) is 7.90. The third-order valence-corrected chi connectivity index (χ3v) is 2.13. The highest BCUT2D eigenvalue weighted by Crippen LogP contribution is 2.10. The number of rotatable bonds is 4. The number of hydrogen-bond donors (Lipinski definition) is 1. The highest BCUT2D eigenvalue weighted by Gasteiger charge is 2.13. The van der Waals surface area contributed by atoms with Crippen LogP contribution in [-0.4, -0.2) is 28.9 Å². The van der Waals surface area contributed by atoms with E-state index in [4.69, 9.17) is 5.11 Å². The second-order valence-corrected chi connectivity index (χ2v) is 3.57. The fourth-order valence-electron chi connectivity index (χ4n) is 1.26. The summed E-state index contributed by atoms with van der Waals surface area (Å²) in [7, 11) is 1.40. The molecule has 1 aromatic rings. The molecule has 0 fully saturated rings. The number of carbonyl (C=O) groups excluding carboxylic acids is 1. The van der Waals surface area contributed by atoms with Gasteiger partial charge >= 0.3 is 5.97 Å². The maximum Gasteiger partial charge on any atom is 0.312 e. The summed E-state index contributed by atoms with van der Waals surface area (Å²) in [4.78, 5) is 22.7. The Kier molecular flexibility index (Phi) is 4.14. The minimum absolute atomic E-state index is 0.0311. The monoisotopic (exact) mass is 243 g/mol. The van der Waals surface area contributed by atoms with Crippen molar-refractivity contribution < 1.29 is 23.5 Å². The summed E-state index contributed by atoms with van der Waals surface area (Å²) in [6.45, 7) is 0.0311. The summed E-state index contributed by atoms with van der Waals surface area (Å²) in [5, 5.41) is 8.42. The van der Waals surface area contributed by atoms with Crippen LogP contribution in [0.25, 0.3) is 0 Å². The molecule has 0 atom stereocenters. The van der Waals surface area contributed by atoms with Crippen LogP contribution in [0.2, 0.25) is 0 Å². The maximum atomic E-state index is 12.9. The standard InChI is InChI=1S/C11H11F2NO3/c1-14(10(15)5-11(16)17)6-7-2-3-8(12)9(13)4-7/h2-4H,5-6H2,1H3,(H,16,17). The average molecular weight is 243 g/mol. The van der Waals surface area contributed by atoms with Gasteiger partial charge in [0.15, 0.2) is 11.6 Å². The molecule has 1 aromatic carbocycles. The van der Waals surface area contributed by atoms with Gasteiger partial charge in [0.1, 0.15) is 6.42 Å². The molecule has 0 aliphatic carbocycles. The lowest BCUT2D eigenvalue weighted by Crippen LogP contribution is -2.28. The Morgan fingerprint density at radius 3 is 2.47 bits per heavy atom. The maximum absolute atomic E-state index is 12.9. The molecule has 0 aliphatic heterocycles. The third-order valence-electron chi connectivity index (χ3n) is 2.13. The number of aliphatic carboxylic acids is 1. The van der Waals surface area contributed by atoms with Crippen LogP contribution in [0.5, 0.6) is 0 Å². The van der Waals surface area contributed by atoms with E-state index in [1.54, 1.807) is 0 Å². The van der Waals surface area contributed by atoms with Crippen LogP contribution < -0.4 is 0 Å². The highest BCUT2D eigenvalue weighted by atomic mass is 19.2. The molecule has 0 heterocycles. The predicted octanol–water partition coefficient (Wildman–Crippen LogP) is 1.40. The van der Waals surface area contributed by atoms with Crippen molar-refractivity contribution in [2.45, 2.75) is 13.0 Å². The fourth-order valence-corrected chi connectivity index (χ4v) is 1.26. The van der Waals surface area contributed by atoms with Gasteiger partial charge in [0.2, 0.25) is 5.91 Å². The van der Waals surface area contributed by atoms with E-state index < -0.39 is 29.9 Å². The summed E-state index contributed by atoms with van der Waals surface area (Å²) >= 11 is 0. The van der Waals surface area contributed by atoms with Crippen molar-refractivity contribution in [2.75, 3.05) is 7.05 Å². The molecule has 92 valence electrons. The molecule has 0 saturated heterocycles. The molecule has 0 spiro atoms. The number of carboxylic acids is 1. The number of hydrogen-bond acceptors (Lipinski definition) is 2. The van der Waals surface area contributed by atoms with E-state index >= 15 is 0 Å². The quantitative estimate of drug-likeness (QED) is 0.813. The topological polar surface area (TPSA) is 57.6 Å². The smallest absolute Gasteiger partial charge is 0.312 e. The molecule has 1 amide bonds. The molecule has 0 radical (unpaired) electrons. The first-order valence-electron chi connectivity index (χ1n) is 4.80. The van der Waals surface area contributed by atoms with Gasteiger partial charge in [-0.1, -0.05) is 6.07 Å². The van der Waals surface area contributed by atoms with Gasteiger partial charge in [-0.05, 0) is 17.7 Å².